The van der Waals surface area contributed by atoms with Gasteiger partial charge in [0.25, 0.3) is 0 Å². The molecule has 7 heteroatoms. The minimum absolute atomic E-state index is 0.548. The van der Waals surface area contributed by atoms with Crippen LogP contribution in [0.3, 0.4) is 0 Å². The van der Waals surface area contributed by atoms with Crippen LogP contribution in [0.1, 0.15) is 5.69 Å². The van der Waals surface area contributed by atoms with E-state index in [1.54, 1.807) is 9.20 Å². The van der Waals surface area contributed by atoms with Crippen LogP contribution in [0.4, 0.5) is 0 Å². The standard InChI is InChI=1S/C17H11ClN6/c1-10-15(18)17-19-16(11-6-2-4-8-13(11)23(17)21-10)24-14-9-5-3-7-12(14)20-22-24/h2-9H,1H3. The Morgan fingerprint density at radius 2 is 1.71 bits per heavy atom. The first-order chi connectivity index (χ1) is 11.7. The summed E-state index contributed by atoms with van der Waals surface area (Å²) in [6.07, 6.45) is 0. The predicted octanol–water partition coefficient (Wildman–Crippen LogP) is 3.58. The second kappa shape index (κ2) is 4.75. The number of aryl methyl sites for hydroxylation is 1. The maximum Gasteiger partial charge on any atom is 0.177 e. The molecule has 0 saturated carbocycles. The summed E-state index contributed by atoms with van der Waals surface area (Å²) in [5.41, 5.74) is 4.00. The third kappa shape index (κ3) is 1.71. The molecule has 0 fully saturated rings. The lowest BCUT2D eigenvalue weighted by Crippen LogP contribution is -2.04. The number of fused-ring (bicyclic) bond motifs is 4. The molecule has 6 nitrogen and oxygen atoms in total. The van der Waals surface area contributed by atoms with Gasteiger partial charge in [0.05, 0.1) is 16.7 Å². The number of hydrogen-bond acceptors (Lipinski definition) is 4. The first-order valence-corrected chi connectivity index (χ1v) is 7.86. The van der Waals surface area contributed by atoms with Crippen molar-refractivity contribution in [1.29, 1.82) is 0 Å². The normalized spacial score (nSPS) is 11.8. The second-order valence-corrected chi connectivity index (χ2v) is 5.96. The van der Waals surface area contributed by atoms with Gasteiger partial charge in [0.15, 0.2) is 11.5 Å². The molecule has 0 N–H and O–H groups in total. The third-order valence-electron chi connectivity index (χ3n) is 4.10. The minimum Gasteiger partial charge on any atom is -0.213 e. The number of halogens is 1. The lowest BCUT2D eigenvalue weighted by molar-refractivity contribution is 0.805. The van der Waals surface area contributed by atoms with E-state index in [-0.39, 0.29) is 0 Å². The number of nitrogens with zero attached hydrogens (tertiary/aromatic N) is 6. The Balaban J connectivity index is 1.98. The van der Waals surface area contributed by atoms with Gasteiger partial charge in [-0.05, 0) is 31.2 Å². The summed E-state index contributed by atoms with van der Waals surface area (Å²) in [6, 6.07) is 15.7. The minimum atomic E-state index is 0.548. The zero-order valence-corrected chi connectivity index (χ0v) is 13.4. The SMILES string of the molecule is Cc1nn2c(nc(-n3nnc4ccccc43)c3ccccc32)c1Cl. The maximum atomic E-state index is 6.40. The molecule has 0 bridgehead atoms. The highest BCUT2D eigenvalue weighted by molar-refractivity contribution is 6.34. The fraction of sp³-hybridized carbons (Fsp3) is 0.0588. The van der Waals surface area contributed by atoms with Gasteiger partial charge in [-0.3, -0.25) is 0 Å². The molecule has 0 saturated heterocycles. The van der Waals surface area contributed by atoms with E-state index in [4.69, 9.17) is 16.6 Å². The van der Waals surface area contributed by atoms with Gasteiger partial charge in [0.2, 0.25) is 0 Å². The van der Waals surface area contributed by atoms with Crippen LogP contribution in [0.5, 0.6) is 0 Å². The number of aromatic nitrogens is 6. The van der Waals surface area contributed by atoms with Crippen molar-refractivity contribution in [1.82, 2.24) is 29.6 Å². The molecule has 0 aliphatic heterocycles. The zero-order chi connectivity index (χ0) is 16.3. The molecule has 5 aromatic rings. The highest BCUT2D eigenvalue weighted by Gasteiger charge is 2.17. The van der Waals surface area contributed by atoms with E-state index in [0.717, 1.165) is 27.6 Å². The molecule has 3 aromatic heterocycles. The fourth-order valence-electron chi connectivity index (χ4n) is 2.96. The van der Waals surface area contributed by atoms with Gasteiger partial charge >= 0.3 is 0 Å². The second-order valence-electron chi connectivity index (χ2n) is 5.58. The summed E-state index contributed by atoms with van der Waals surface area (Å²) in [7, 11) is 0. The van der Waals surface area contributed by atoms with E-state index >= 15 is 0 Å². The lowest BCUT2D eigenvalue weighted by Gasteiger charge is -2.08. The van der Waals surface area contributed by atoms with E-state index in [9.17, 15) is 0 Å². The van der Waals surface area contributed by atoms with Crippen LogP contribution in [0.25, 0.3) is 33.4 Å². The summed E-state index contributed by atoms with van der Waals surface area (Å²) in [6.45, 7) is 1.87. The highest BCUT2D eigenvalue weighted by atomic mass is 35.5. The molecule has 0 aliphatic rings. The van der Waals surface area contributed by atoms with Crippen LogP contribution in [0.15, 0.2) is 48.5 Å². The molecule has 116 valence electrons. The average molecular weight is 335 g/mol. The Labute approximate surface area is 141 Å². The number of hydrogen-bond donors (Lipinski definition) is 0. The molecule has 5 rings (SSSR count). The van der Waals surface area contributed by atoms with Crippen molar-refractivity contribution in [3.63, 3.8) is 0 Å². The largest absolute Gasteiger partial charge is 0.213 e. The molecule has 0 atom stereocenters. The van der Waals surface area contributed by atoms with Crippen molar-refractivity contribution in [3.05, 3.63) is 59.2 Å². The summed E-state index contributed by atoms with van der Waals surface area (Å²) in [5, 5.41) is 14.5. The van der Waals surface area contributed by atoms with E-state index in [1.165, 1.54) is 0 Å². The predicted molar refractivity (Wildman–Crippen MR) is 92.7 cm³/mol. The third-order valence-corrected chi connectivity index (χ3v) is 4.54. The van der Waals surface area contributed by atoms with E-state index < -0.39 is 0 Å². The lowest BCUT2D eigenvalue weighted by atomic mass is 10.2. The van der Waals surface area contributed by atoms with Gasteiger partial charge < -0.3 is 0 Å². The monoisotopic (exact) mass is 334 g/mol. The Kier molecular flexibility index (Phi) is 2.66. The Morgan fingerprint density at radius 3 is 2.58 bits per heavy atom. The van der Waals surface area contributed by atoms with Gasteiger partial charge in [-0.15, -0.1) is 5.10 Å². The van der Waals surface area contributed by atoms with Gasteiger partial charge in [-0.2, -0.15) is 9.78 Å². The van der Waals surface area contributed by atoms with Gasteiger partial charge in [0, 0.05) is 5.39 Å². The van der Waals surface area contributed by atoms with Crippen LogP contribution in [-0.4, -0.2) is 29.6 Å². The van der Waals surface area contributed by atoms with Crippen LogP contribution >= 0.6 is 11.6 Å². The maximum absolute atomic E-state index is 6.40. The van der Waals surface area contributed by atoms with Crippen LogP contribution in [-0.2, 0) is 0 Å². The highest BCUT2D eigenvalue weighted by Crippen LogP contribution is 2.28. The van der Waals surface area contributed by atoms with E-state index in [1.807, 2.05) is 55.5 Å². The van der Waals surface area contributed by atoms with Gasteiger partial charge in [0.1, 0.15) is 10.5 Å². The number of benzene rings is 2. The number of rotatable bonds is 1. The van der Waals surface area contributed by atoms with Crippen molar-refractivity contribution < 1.29 is 0 Å². The Morgan fingerprint density at radius 1 is 0.958 bits per heavy atom. The Bertz CT molecular complexity index is 1240. The van der Waals surface area contributed by atoms with Crippen molar-refractivity contribution in [2.24, 2.45) is 0 Å². The number of para-hydroxylation sites is 2. The van der Waals surface area contributed by atoms with E-state index in [0.29, 0.717) is 16.5 Å². The molecular weight excluding hydrogens is 324 g/mol. The van der Waals surface area contributed by atoms with Crippen LogP contribution < -0.4 is 0 Å². The summed E-state index contributed by atoms with van der Waals surface area (Å²) >= 11 is 6.40. The fourth-order valence-corrected chi connectivity index (χ4v) is 3.12. The van der Waals surface area contributed by atoms with Crippen LogP contribution in [0.2, 0.25) is 5.02 Å². The molecule has 0 spiro atoms. The summed E-state index contributed by atoms with van der Waals surface area (Å²) < 4.78 is 3.52. The first-order valence-electron chi connectivity index (χ1n) is 7.48. The van der Waals surface area contributed by atoms with Crippen molar-refractivity contribution >= 4 is 39.2 Å². The molecular formula is C17H11ClN6. The molecule has 3 heterocycles. The molecule has 0 aliphatic carbocycles. The zero-order valence-electron chi connectivity index (χ0n) is 12.7. The van der Waals surface area contributed by atoms with Crippen molar-refractivity contribution in [3.8, 4) is 5.82 Å². The smallest absolute Gasteiger partial charge is 0.177 e. The molecule has 24 heavy (non-hydrogen) atoms. The van der Waals surface area contributed by atoms with E-state index in [2.05, 4.69) is 15.4 Å². The summed E-state index contributed by atoms with van der Waals surface area (Å²) in [4.78, 5) is 4.75. The van der Waals surface area contributed by atoms with Gasteiger partial charge in [-0.1, -0.05) is 41.1 Å². The molecule has 0 amide bonds. The Hall–Kier alpha value is -2.99. The average Bonchev–Trinajstić information content (AvgIpc) is 3.16. The molecule has 0 unspecified atom stereocenters. The molecule has 0 radical (unpaired) electrons. The first kappa shape index (κ1) is 13.4. The van der Waals surface area contributed by atoms with Crippen molar-refractivity contribution in [2.45, 2.75) is 6.92 Å². The quantitative estimate of drug-likeness (QED) is 0.470. The molecule has 2 aromatic carbocycles. The topological polar surface area (TPSA) is 60.9 Å². The van der Waals surface area contributed by atoms with Crippen LogP contribution in [0, 0.1) is 6.92 Å². The van der Waals surface area contributed by atoms with Crippen molar-refractivity contribution in [2.75, 3.05) is 0 Å². The van der Waals surface area contributed by atoms with Gasteiger partial charge in [-0.25, -0.2) is 9.50 Å². The summed E-state index contributed by atoms with van der Waals surface area (Å²) in [5.74, 6) is 0.689.